The molecule has 136 valence electrons. The second-order valence-corrected chi connectivity index (χ2v) is 6.90. The Hall–Kier alpha value is -2.69. The molecule has 0 bridgehead atoms. The van der Waals surface area contributed by atoms with Gasteiger partial charge in [0.15, 0.2) is 11.5 Å². The summed E-state index contributed by atoms with van der Waals surface area (Å²) in [5.41, 5.74) is 4.22. The molecule has 0 radical (unpaired) electrons. The van der Waals surface area contributed by atoms with E-state index in [0.29, 0.717) is 25.4 Å². The average Bonchev–Trinajstić information content (AvgIpc) is 3.16. The van der Waals surface area contributed by atoms with Gasteiger partial charge >= 0.3 is 0 Å². The molecule has 26 heavy (non-hydrogen) atoms. The van der Waals surface area contributed by atoms with Crippen LogP contribution in [0.3, 0.4) is 0 Å². The van der Waals surface area contributed by atoms with E-state index in [9.17, 15) is 4.79 Å². The van der Waals surface area contributed by atoms with Gasteiger partial charge in [0.2, 0.25) is 5.91 Å². The van der Waals surface area contributed by atoms with Crippen molar-refractivity contribution in [2.75, 3.05) is 36.5 Å². The third-order valence-corrected chi connectivity index (χ3v) is 4.90. The number of ether oxygens (including phenoxy) is 2. The van der Waals surface area contributed by atoms with E-state index in [-0.39, 0.29) is 5.91 Å². The fourth-order valence-corrected chi connectivity index (χ4v) is 3.63. The first-order valence-corrected chi connectivity index (χ1v) is 9.23. The smallest absolute Gasteiger partial charge is 0.228 e. The summed E-state index contributed by atoms with van der Waals surface area (Å²) in [5.74, 6) is 1.43. The molecule has 1 N–H and O–H groups in total. The van der Waals surface area contributed by atoms with Crippen molar-refractivity contribution in [2.24, 2.45) is 0 Å². The first-order valence-electron chi connectivity index (χ1n) is 9.23. The molecule has 5 nitrogen and oxygen atoms in total. The van der Waals surface area contributed by atoms with Crippen molar-refractivity contribution in [3.8, 4) is 11.5 Å². The number of hydrogen-bond acceptors (Lipinski definition) is 4. The van der Waals surface area contributed by atoms with Crippen molar-refractivity contribution >= 4 is 17.3 Å². The highest BCUT2D eigenvalue weighted by molar-refractivity contribution is 5.92. The Bertz CT molecular complexity index is 813. The molecule has 1 amide bonds. The minimum absolute atomic E-state index is 0.0324. The van der Waals surface area contributed by atoms with Crippen molar-refractivity contribution in [2.45, 2.75) is 26.2 Å². The van der Waals surface area contributed by atoms with Gasteiger partial charge in [-0.25, -0.2) is 0 Å². The molecule has 0 aliphatic carbocycles. The van der Waals surface area contributed by atoms with Crippen LogP contribution in [0.15, 0.2) is 36.4 Å². The highest BCUT2D eigenvalue weighted by Gasteiger charge is 2.16. The summed E-state index contributed by atoms with van der Waals surface area (Å²) in [7, 11) is 0. The molecule has 1 saturated heterocycles. The fourth-order valence-electron chi connectivity index (χ4n) is 3.63. The van der Waals surface area contributed by atoms with Crippen LogP contribution in [0.4, 0.5) is 11.4 Å². The number of fused-ring (bicyclic) bond motifs is 1. The van der Waals surface area contributed by atoms with Crippen LogP contribution in [0.2, 0.25) is 0 Å². The monoisotopic (exact) mass is 352 g/mol. The second-order valence-electron chi connectivity index (χ2n) is 6.90. The predicted octanol–water partition coefficient (Wildman–Crippen LogP) is 3.55. The molecule has 5 heteroatoms. The largest absolute Gasteiger partial charge is 0.486 e. The van der Waals surface area contributed by atoms with Gasteiger partial charge < -0.3 is 19.7 Å². The summed E-state index contributed by atoms with van der Waals surface area (Å²) >= 11 is 0. The second kappa shape index (κ2) is 7.28. The van der Waals surface area contributed by atoms with Crippen LogP contribution in [0.5, 0.6) is 11.5 Å². The third kappa shape index (κ3) is 3.62. The number of rotatable bonds is 4. The molecule has 4 rings (SSSR count). The first kappa shape index (κ1) is 16.8. The SMILES string of the molecule is Cc1cc(NC(=O)Cc2ccc3c(c2)OCCO3)ccc1N1CCCC1. The van der Waals surface area contributed by atoms with Crippen LogP contribution in [0, 0.1) is 6.92 Å². The number of anilines is 2. The highest BCUT2D eigenvalue weighted by Crippen LogP contribution is 2.31. The van der Waals surface area contributed by atoms with E-state index < -0.39 is 0 Å². The van der Waals surface area contributed by atoms with E-state index >= 15 is 0 Å². The quantitative estimate of drug-likeness (QED) is 0.914. The van der Waals surface area contributed by atoms with E-state index in [1.165, 1.54) is 24.1 Å². The Balaban J connectivity index is 1.41. The Morgan fingerprint density at radius 2 is 1.81 bits per heavy atom. The molecule has 0 atom stereocenters. The van der Waals surface area contributed by atoms with Crippen LogP contribution in [0.1, 0.15) is 24.0 Å². The number of carbonyl (C=O) groups excluding carboxylic acids is 1. The lowest BCUT2D eigenvalue weighted by Crippen LogP contribution is -2.19. The van der Waals surface area contributed by atoms with E-state index in [1.54, 1.807) is 0 Å². The van der Waals surface area contributed by atoms with Crippen molar-refractivity contribution in [1.82, 2.24) is 0 Å². The number of nitrogens with zero attached hydrogens (tertiary/aromatic N) is 1. The molecule has 2 aliphatic rings. The maximum absolute atomic E-state index is 12.4. The lowest BCUT2D eigenvalue weighted by molar-refractivity contribution is -0.115. The van der Waals surface area contributed by atoms with Crippen molar-refractivity contribution < 1.29 is 14.3 Å². The molecule has 0 saturated carbocycles. The molecule has 2 aromatic carbocycles. The summed E-state index contributed by atoms with van der Waals surface area (Å²) in [4.78, 5) is 14.8. The number of benzene rings is 2. The zero-order chi connectivity index (χ0) is 17.9. The Labute approximate surface area is 153 Å². The van der Waals surface area contributed by atoms with Gasteiger partial charge in [-0.2, -0.15) is 0 Å². The normalized spacial score (nSPS) is 15.8. The number of nitrogens with one attached hydrogen (secondary N) is 1. The maximum Gasteiger partial charge on any atom is 0.228 e. The van der Waals surface area contributed by atoms with Crippen LogP contribution >= 0.6 is 0 Å². The lowest BCUT2D eigenvalue weighted by atomic mass is 10.1. The number of hydrogen-bond donors (Lipinski definition) is 1. The van der Waals surface area contributed by atoms with Gasteiger partial charge in [-0.3, -0.25) is 4.79 Å². The molecule has 0 aromatic heterocycles. The minimum atomic E-state index is -0.0324. The molecule has 0 spiro atoms. The zero-order valence-electron chi connectivity index (χ0n) is 15.1. The van der Waals surface area contributed by atoms with Gasteiger partial charge in [0.25, 0.3) is 0 Å². The van der Waals surface area contributed by atoms with Crippen LogP contribution < -0.4 is 19.7 Å². The van der Waals surface area contributed by atoms with Gasteiger partial charge in [-0.05, 0) is 61.2 Å². The average molecular weight is 352 g/mol. The van der Waals surface area contributed by atoms with Crippen LogP contribution in [-0.4, -0.2) is 32.2 Å². The molecule has 0 unspecified atom stereocenters. The molecular weight excluding hydrogens is 328 g/mol. The molecule has 1 fully saturated rings. The summed E-state index contributed by atoms with van der Waals surface area (Å²) in [5, 5.41) is 3.00. The summed E-state index contributed by atoms with van der Waals surface area (Å²) in [6, 6.07) is 11.8. The Morgan fingerprint density at radius 3 is 2.58 bits per heavy atom. The van der Waals surface area contributed by atoms with E-state index in [1.807, 2.05) is 24.3 Å². The fraction of sp³-hybridized carbons (Fsp3) is 0.381. The van der Waals surface area contributed by atoms with Gasteiger partial charge in [0, 0.05) is 24.5 Å². The molecule has 2 aromatic rings. The molecular formula is C21H24N2O3. The van der Waals surface area contributed by atoms with Crippen molar-refractivity contribution in [3.05, 3.63) is 47.5 Å². The highest BCUT2D eigenvalue weighted by atomic mass is 16.6. The van der Waals surface area contributed by atoms with Crippen LogP contribution in [0.25, 0.3) is 0 Å². The summed E-state index contributed by atoms with van der Waals surface area (Å²) < 4.78 is 11.1. The van der Waals surface area contributed by atoms with E-state index in [4.69, 9.17) is 9.47 Å². The summed E-state index contributed by atoms with van der Waals surface area (Å²) in [6.45, 7) is 5.46. The van der Waals surface area contributed by atoms with E-state index in [2.05, 4.69) is 29.3 Å². The van der Waals surface area contributed by atoms with E-state index in [0.717, 1.165) is 30.1 Å². The third-order valence-electron chi connectivity index (χ3n) is 4.90. The number of carbonyl (C=O) groups is 1. The predicted molar refractivity (Wildman–Crippen MR) is 102 cm³/mol. The van der Waals surface area contributed by atoms with Gasteiger partial charge in [-0.1, -0.05) is 6.07 Å². The van der Waals surface area contributed by atoms with Gasteiger partial charge in [-0.15, -0.1) is 0 Å². The molecule has 2 aliphatic heterocycles. The van der Waals surface area contributed by atoms with Crippen molar-refractivity contribution in [3.63, 3.8) is 0 Å². The lowest BCUT2D eigenvalue weighted by Gasteiger charge is -2.21. The summed E-state index contributed by atoms with van der Waals surface area (Å²) in [6.07, 6.45) is 2.82. The number of amides is 1. The first-order chi connectivity index (χ1) is 12.7. The van der Waals surface area contributed by atoms with Crippen molar-refractivity contribution in [1.29, 1.82) is 0 Å². The molecule has 2 heterocycles. The van der Waals surface area contributed by atoms with Gasteiger partial charge in [0.05, 0.1) is 6.42 Å². The minimum Gasteiger partial charge on any atom is -0.486 e. The Morgan fingerprint density at radius 1 is 1.04 bits per heavy atom. The number of aryl methyl sites for hydroxylation is 1. The maximum atomic E-state index is 12.4. The Kier molecular flexibility index (Phi) is 4.69. The standard InChI is InChI=1S/C21H24N2O3/c1-15-12-17(5-6-18(15)23-8-2-3-9-23)22-21(24)14-16-4-7-19-20(13-16)26-11-10-25-19/h4-7,12-13H,2-3,8-11,14H2,1H3,(H,22,24). The van der Waals surface area contributed by atoms with Gasteiger partial charge in [0.1, 0.15) is 13.2 Å². The zero-order valence-corrected chi connectivity index (χ0v) is 15.1. The topological polar surface area (TPSA) is 50.8 Å². The van der Waals surface area contributed by atoms with Crippen LogP contribution in [-0.2, 0) is 11.2 Å².